The molecule has 1 aliphatic rings. The van der Waals surface area contributed by atoms with Crippen LogP contribution in [0.4, 0.5) is 0 Å². The van der Waals surface area contributed by atoms with Crippen molar-refractivity contribution in [2.45, 2.75) is 38.6 Å². The first-order valence-corrected chi connectivity index (χ1v) is 5.42. The quantitative estimate of drug-likeness (QED) is 0.315. The Hall–Kier alpha value is -1.57. The molecule has 88 valence electrons. The van der Waals surface area contributed by atoms with Crippen molar-refractivity contribution in [3.8, 4) is 11.8 Å². The first kappa shape index (κ1) is 12.5. The molecule has 0 N–H and O–H groups in total. The molecular formula is C11H15NO4. The number of nitrogens with zero attached hydrogens (tertiary/aromatic N) is 1. The molecule has 5 nitrogen and oxygen atoms in total. The largest absolute Gasteiger partial charge is 0.466 e. The molecule has 2 atom stereocenters. The van der Waals surface area contributed by atoms with E-state index in [1.807, 2.05) is 0 Å². The van der Waals surface area contributed by atoms with E-state index in [4.69, 9.17) is 4.74 Å². The number of nitro groups is 1. The van der Waals surface area contributed by atoms with Crippen molar-refractivity contribution < 1.29 is 14.5 Å². The molecule has 0 radical (unpaired) electrons. The third-order valence-electron chi connectivity index (χ3n) is 2.60. The Morgan fingerprint density at radius 1 is 1.44 bits per heavy atom. The normalized spacial score (nSPS) is 24.6. The van der Waals surface area contributed by atoms with Gasteiger partial charge in [0, 0.05) is 24.2 Å². The van der Waals surface area contributed by atoms with E-state index >= 15 is 0 Å². The highest BCUT2D eigenvalue weighted by Crippen LogP contribution is 2.21. The zero-order valence-electron chi connectivity index (χ0n) is 9.27. The van der Waals surface area contributed by atoms with E-state index in [2.05, 4.69) is 11.8 Å². The van der Waals surface area contributed by atoms with Gasteiger partial charge < -0.3 is 4.74 Å². The summed E-state index contributed by atoms with van der Waals surface area (Å²) in [4.78, 5) is 22.1. The predicted molar refractivity (Wildman–Crippen MR) is 57.1 cm³/mol. The molecule has 0 heterocycles. The van der Waals surface area contributed by atoms with Crippen molar-refractivity contribution in [1.29, 1.82) is 0 Å². The Morgan fingerprint density at radius 3 is 2.62 bits per heavy atom. The van der Waals surface area contributed by atoms with Gasteiger partial charge in [-0.2, -0.15) is 0 Å². The number of carbonyl (C=O) groups excluding carboxylic acids is 1. The number of esters is 1. The van der Waals surface area contributed by atoms with Gasteiger partial charge in [-0.1, -0.05) is 0 Å². The minimum Gasteiger partial charge on any atom is -0.466 e. The maximum Gasteiger partial charge on any atom is 0.315 e. The Kier molecular flexibility index (Phi) is 4.77. The number of ether oxygens (including phenoxy) is 1. The molecule has 0 aliphatic heterocycles. The molecular weight excluding hydrogens is 210 g/mol. The van der Waals surface area contributed by atoms with Crippen molar-refractivity contribution in [3.05, 3.63) is 10.1 Å². The van der Waals surface area contributed by atoms with E-state index in [-0.39, 0.29) is 11.5 Å². The van der Waals surface area contributed by atoms with Gasteiger partial charge in [0.1, 0.15) is 5.92 Å². The molecule has 0 spiro atoms. The zero-order valence-corrected chi connectivity index (χ0v) is 9.27. The topological polar surface area (TPSA) is 69.4 Å². The second-order valence-electron chi connectivity index (χ2n) is 3.64. The van der Waals surface area contributed by atoms with Gasteiger partial charge in [-0.15, -0.1) is 11.8 Å². The van der Waals surface area contributed by atoms with Gasteiger partial charge in [-0.05, 0) is 13.3 Å². The van der Waals surface area contributed by atoms with Crippen LogP contribution < -0.4 is 0 Å². The predicted octanol–water partition coefficient (Wildman–Crippen LogP) is 1.39. The summed E-state index contributed by atoms with van der Waals surface area (Å²) in [7, 11) is 0. The van der Waals surface area contributed by atoms with E-state index in [0.717, 1.165) is 0 Å². The van der Waals surface area contributed by atoms with E-state index < -0.39 is 17.9 Å². The second-order valence-corrected chi connectivity index (χ2v) is 3.64. The highest BCUT2D eigenvalue weighted by Gasteiger charge is 2.37. The average Bonchev–Trinajstić information content (AvgIpc) is 2.16. The van der Waals surface area contributed by atoms with Crippen LogP contribution in [0.1, 0.15) is 32.6 Å². The Bertz CT molecular complexity index is 329. The van der Waals surface area contributed by atoms with Crippen molar-refractivity contribution in [2.24, 2.45) is 5.92 Å². The van der Waals surface area contributed by atoms with E-state index in [0.29, 0.717) is 25.7 Å². The van der Waals surface area contributed by atoms with Gasteiger partial charge in [0.05, 0.1) is 6.61 Å². The zero-order chi connectivity index (χ0) is 12.0. The minimum absolute atomic E-state index is 0.255. The monoisotopic (exact) mass is 225 g/mol. The molecule has 5 heteroatoms. The van der Waals surface area contributed by atoms with Gasteiger partial charge in [0.25, 0.3) is 0 Å². The molecule has 2 unspecified atom stereocenters. The SMILES string of the molecule is CCOC(=O)C1CCC#CCCC1[N+](=O)[O-]. The summed E-state index contributed by atoms with van der Waals surface area (Å²) in [5, 5.41) is 10.9. The van der Waals surface area contributed by atoms with Crippen LogP contribution in [0.25, 0.3) is 0 Å². The number of hydrogen-bond donors (Lipinski definition) is 0. The minimum atomic E-state index is -0.853. The summed E-state index contributed by atoms with van der Waals surface area (Å²) in [6, 6.07) is -0.853. The van der Waals surface area contributed by atoms with Crippen LogP contribution in [-0.4, -0.2) is 23.5 Å². The number of hydrogen-bond acceptors (Lipinski definition) is 4. The lowest BCUT2D eigenvalue weighted by Crippen LogP contribution is -2.36. The lowest BCUT2D eigenvalue weighted by molar-refractivity contribution is -0.530. The third kappa shape index (κ3) is 3.23. The maximum absolute atomic E-state index is 11.6. The molecule has 1 rings (SSSR count). The molecule has 0 bridgehead atoms. The summed E-state index contributed by atoms with van der Waals surface area (Å²) in [6.45, 7) is 1.95. The molecule has 0 fully saturated rings. The molecule has 16 heavy (non-hydrogen) atoms. The van der Waals surface area contributed by atoms with Gasteiger partial charge >= 0.3 is 5.97 Å². The summed E-state index contributed by atoms with van der Waals surface area (Å²) in [5.41, 5.74) is 0. The van der Waals surface area contributed by atoms with Crippen LogP contribution in [0.15, 0.2) is 0 Å². The van der Waals surface area contributed by atoms with Crippen LogP contribution in [0.5, 0.6) is 0 Å². The Morgan fingerprint density at radius 2 is 2.06 bits per heavy atom. The van der Waals surface area contributed by atoms with Crippen LogP contribution in [-0.2, 0) is 9.53 Å². The molecule has 0 aromatic rings. The second kappa shape index (κ2) is 6.11. The summed E-state index contributed by atoms with van der Waals surface area (Å²) >= 11 is 0. The van der Waals surface area contributed by atoms with E-state index in [1.54, 1.807) is 6.92 Å². The number of rotatable bonds is 3. The summed E-state index contributed by atoms with van der Waals surface area (Å²) in [5.74, 6) is 4.64. The lowest BCUT2D eigenvalue weighted by atomic mass is 9.90. The highest BCUT2D eigenvalue weighted by atomic mass is 16.6. The van der Waals surface area contributed by atoms with Crippen LogP contribution in [0.2, 0.25) is 0 Å². The molecule has 0 aromatic carbocycles. The Labute approximate surface area is 94.3 Å². The average molecular weight is 225 g/mol. The van der Waals surface area contributed by atoms with Crippen molar-refractivity contribution in [2.75, 3.05) is 6.61 Å². The molecule has 0 saturated heterocycles. The van der Waals surface area contributed by atoms with E-state index in [1.165, 1.54) is 0 Å². The van der Waals surface area contributed by atoms with Gasteiger partial charge in [-0.3, -0.25) is 14.9 Å². The van der Waals surface area contributed by atoms with Crippen molar-refractivity contribution in [1.82, 2.24) is 0 Å². The van der Waals surface area contributed by atoms with Gasteiger partial charge in [0.15, 0.2) is 0 Å². The van der Waals surface area contributed by atoms with E-state index in [9.17, 15) is 14.9 Å². The van der Waals surface area contributed by atoms with Crippen molar-refractivity contribution >= 4 is 5.97 Å². The first-order valence-electron chi connectivity index (χ1n) is 5.42. The van der Waals surface area contributed by atoms with Crippen LogP contribution in [0, 0.1) is 27.9 Å². The third-order valence-corrected chi connectivity index (χ3v) is 2.60. The smallest absolute Gasteiger partial charge is 0.315 e. The van der Waals surface area contributed by atoms with Crippen LogP contribution in [0.3, 0.4) is 0 Å². The maximum atomic E-state index is 11.6. The molecule has 0 saturated carbocycles. The summed E-state index contributed by atoms with van der Waals surface area (Å²) in [6.07, 6.45) is 1.73. The van der Waals surface area contributed by atoms with Gasteiger partial charge in [-0.25, -0.2) is 0 Å². The molecule has 0 aromatic heterocycles. The molecule has 0 amide bonds. The molecule has 1 aliphatic carbocycles. The fourth-order valence-electron chi connectivity index (χ4n) is 1.79. The van der Waals surface area contributed by atoms with Crippen LogP contribution >= 0.6 is 0 Å². The fourth-order valence-corrected chi connectivity index (χ4v) is 1.79. The van der Waals surface area contributed by atoms with Gasteiger partial charge in [0.2, 0.25) is 6.04 Å². The summed E-state index contributed by atoms with van der Waals surface area (Å²) < 4.78 is 4.87. The Balaban J connectivity index is 2.78. The highest BCUT2D eigenvalue weighted by molar-refractivity contribution is 5.73. The number of carbonyl (C=O) groups is 1. The first-order chi connectivity index (χ1) is 7.66. The fraction of sp³-hybridized carbons (Fsp3) is 0.727. The standard InChI is InChI=1S/C11H15NO4/c1-2-16-11(13)9-7-5-3-4-6-8-10(9)12(14)15/h9-10H,2,5-8H2,1H3. The van der Waals surface area contributed by atoms with Crippen molar-refractivity contribution in [3.63, 3.8) is 0 Å². The lowest BCUT2D eigenvalue weighted by Gasteiger charge is -2.19.